The summed E-state index contributed by atoms with van der Waals surface area (Å²) in [6.45, 7) is 3.26. The van der Waals surface area contributed by atoms with E-state index in [1.165, 1.54) is 12.5 Å². The maximum absolute atomic E-state index is 12.0. The lowest BCUT2D eigenvalue weighted by atomic mass is 10.1. The Hall–Kier alpha value is -2.33. The molecular formula is C20H22ClNO3. The molecule has 2 aromatic rings. The van der Waals surface area contributed by atoms with Gasteiger partial charge >= 0.3 is 0 Å². The molecule has 0 unspecified atom stereocenters. The van der Waals surface area contributed by atoms with Gasteiger partial charge in [-0.05, 0) is 50.5 Å². The van der Waals surface area contributed by atoms with Crippen molar-refractivity contribution in [2.24, 2.45) is 0 Å². The standard InChI is InChI=1S/C20H22ClNO3/c1-14(8-9-16-6-4-3-5-7-16)22-20(24)13-25-19-11-10-17(21)12-18(19)15(2)23/h3-7,10-12,14H,8-9,13H2,1-2H3,(H,22,24)/t14-/m0/s1. The average Bonchev–Trinajstić information content (AvgIpc) is 2.59. The Balaban J connectivity index is 1.81. The largest absolute Gasteiger partial charge is 0.483 e. The Bertz CT molecular complexity index is 731. The van der Waals surface area contributed by atoms with Gasteiger partial charge < -0.3 is 10.1 Å². The van der Waals surface area contributed by atoms with Gasteiger partial charge in [0.25, 0.3) is 5.91 Å². The molecule has 0 fully saturated rings. The van der Waals surface area contributed by atoms with Crippen LogP contribution in [0.25, 0.3) is 0 Å². The lowest BCUT2D eigenvalue weighted by molar-refractivity contribution is -0.123. The van der Waals surface area contributed by atoms with Crippen molar-refractivity contribution in [3.63, 3.8) is 0 Å². The van der Waals surface area contributed by atoms with Crippen molar-refractivity contribution < 1.29 is 14.3 Å². The monoisotopic (exact) mass is 359 g/mol. The number of aryl methyl sites for hydroxylation is 1. The van der Waals surface area contributed by atoms with Crippen molar-refractivity contribution >= 4 is 23.3 Å². The number of ketones is 1. The summed E-state index contributed by atoms with van der Waals surface area (Å²) >= 11 is 5.89. The van der Waals surface area contributed by atoms with E-state index in [2.05, 4.69) is 17.4 Å². The van der Waals surface area contributed by atoms with Gasteiger partial charge in [-0.15, -0.1) is 0 Å². The van der Waals surface area contributed by atoms with Gasteiger partial charge in [0.2, 0.25) is 0 Å². The smallest absolute Gasteiger partial charge is 0.258 e. The normalized spacial score (nSPS) is 11.6. The third-order valence-corrected chi connectivity index (χ3v) is 4.03. The first-order chi connectivity index (χ1) is 12.0. The molecule has 0 aliphatic carbocycles. The minimum atomic E-state index is -0.218. The molecule has 0 saturated carbocycles. The number of hydrogen-bond donors (Lipinski definition) is 1. The van der Waals surface area contributed by atoms with E-state index in [1.807, 2.05) is 25.1 Å². The van der Waals surface area contributed by atoms with E-state index in [-0.39, 0.29) is 24.3 Å². The number of rotatable bonds is 8. The minimum absolute atomic E-state index is 0.0359. The van der Waals surface area contributed by atoms with Gasteiger partial charge in [-0.3, -0.25) is 9.59 Å². The summed E-state index contributed by atoms with van der Waals surface area (Å²) < 4.78 is 5.49. The highest BCUT2D eigenvalue weighted by atomic mass is 35.5. The van der Waals surface area contributed by atoms with Crippen LogP contribution in [0, 0.1) is 0 Å². The van der Waals surface area contributed by atoms with Crippen molar-refractivity contribution in [3.8, 4) is 5.75 Å². The highest BCUT2D eigenvalue weighted by Crippen LogP contribution is 2.23. The summed E-state index contributed by atoms with van der Waals surface area (Å²) in [5.41, 5.74) is 1.62. The number of nitrogens with one attached hydrogen (secondary N) is 1. The van der Waals surface area contributed by atoms with E-state index in [9.17, 15) is 9.59 Å². The summed E-state index contributed by atoms with van der Waals surface area (Å²) in [5, 5.41) is 3.36. The second-order valence-corrected chi connectivity index (χ2v) is 6.41. The van der Waals surface area contributed by atoms with Crippen molar-refractivity contribution in [2.75, 3.05) is 6.61 Å². The summed E-state index contributed by atoms with van der Waals surface area (Å²) in [7, 11) is 0. The number of carbonyl (C=O) groups excluding carboxylic acids is 2. The molecule has 0 aromatic heterocycles. The fourth-order valence-electron chi connectivity index (χ4n) is 2.46. The Morgan fingerprint density at radius 3 is 2.56 bits per heavy atom. The molecule has 5 heteroatoms. The van der Waals surface area contributed by atoms with Gasteiger partial charge in [-0.1, -0.05) is 41.9 Å². The van der Waals surface area contributed by atoms with Crippen molar-refractivity contribution in [1.29, 1.82) is 0 Å². The maximum Gasteiger partial charge on any atom is 0.258 e. The Labute approximate surface area is 153 Å². The zero-order chi connectivity index (χ0) is 18.2. The maximum atomic E-state index is 12.0. The highest BCUT2D eigenvalue weighted by Gasteiger charge is 2.12. The zero-order valence-electron chi connectivity index (χ0n) is 14.4. The first-order valence-corrected chi connectivity index (χ1v) is 8.60. The lowest BCUT2D eigenvalue weighted by Crippen LogP contribution is -2.36. The topological polar surface area (TPSA) is 55.4 Å². The number of halogens is 1. The highest BCUT2D eigenvalue weighted by molar-refractivity contribution is 6.31. The Kier molecular flexibility index (Phi) is 7.02. The van der Waals surface area contributed by atoms with E-state index in [4.69, 9.17) is 16.3 Å². The van der Waals surface area contributed by atoms with Gasteiger partial charge in [0, 0.05) is 11.1 Å². The van der Waals surface area contributed by atoms with Gasteiger partial charge in [0.15, 0.2) is 12.4 Å². The van der Waals surface area contributed by atoms with E-state index in [0.29, 0.717) is 16.3 Å². The molecule has 2 aromatic carbocycles. The molecule has 25 heavy (non-hydrogen) atoms. The quantitative estimate of drug-likeness (QED) is 0.723. The molecule has 0 aliphatic heterocycles. The number of carbonyl (C=O) groups is 2. The van der Waals surface area contributed by atoms with Crippen LogP contribution in [-0.4, -0.2) is 24.3 Å². The predicted octanol–water partition coefficient (Wildman–Crippen LogP) is 4.06. The SMILES string of the molecule is CC(=O)c1cc(Cl)ccc1OCC(=O)N[C@@H](C)CCc1ccccc1. The number of benzene rings is 2. The molecule has 0 heterocycles. The molecule has 132 valence electrons. The number of ether oxygens (including phenoxy) is 1. The fraction of sp³-hybridized carbons (Fsp3) is 0.300. The molecule has 0 spiro atoms. The summed E-state index contributed by atoms with van der Waals surface area (Å²) in [6.07, 6.45) is 1.74. The van der Waals surface area contributed by atoms with Gasteiger partial charge in [0.1, 0.15) is 5.75 Å². The molecule has 0 saturated heterocycles. The number of hydrogen-bond acceptors (Lipinski definition) is 3. The Morgan fingerprint density at radius 1 is 1.16 bits per heavy atom. The second-order valence-electron chi connectivity index (χ2n) is 5.98. The molecule has 1 amide bonds. The molecule has 2 rings (SSSR count). The third-order valence-electron chi connectivity index (χ3n) is 3.80. The number of amides is 1. The van der Waals surface area contributed by atoms with Crippen molar-refractivity contribution in [2.45, 2.75) is 32.7 Å². The molecular weight excluding hydrogens is 338 g/mol. The van der Waals surface area contributed by atoms with E-state index < -0.39 is 0 Å². The van der Waals surface area contributed by atoms with Gasteiger partial charge in [0.05, 0.1) is 5.56 Å². The van der Waals surface area contributed by atoms with E-state index in [0.717, 1.165) is 12.8 Å². The minimum Gasteiger partial charge on any atom is -0.483 e. The molecule has 1 N–H and O–H groups in total. The third kappa shape index (κ3) is 6.24. The van der Waals surface area contributed by atoms with Crippen LogP contribution >= 0.6 is 11.6 Å². The first kappa shape index (κ1) is 19.0. The molecule has 4 nitrogen and oxygen atoms in total. The van der Waals surface area contributed by atoms with Crippen LogP contribution in [0.1, 0.15) is 36.2 Å². The fourth-order valence-corrected chi connectivity index (χ4v) is 2.64. The van der Waals surface area contributed by atoms with Crippen LogP contribution in [-0.2, 0) is 11.2 Å². The summed E-state index contributed by atoms with van der Waals surface area (Å²) in [5.74, 6) is -0.0110. The molecule has 0 radical (unpaired) electrons. The van der Waals surface area contributed by atoms with Crippen LogP contribution in [0.15, 0.2) is 48.5 Å². The second kappa shape index (κ2) is 9.23. The van der Waals surface area contributed by atoms with Gasteiger partial charge in [-0.25, -0.2) is 0 Å². The predicted molar refractivity (Wildman–Crippen MR) is 99.3 cm³/mol. The lowest BCUT2D eigenvalue weighted by Gasteiger charge is -2.15. The van der Waals surface area contributed by atoms with Crippen molar-refractivity contribution in [3.05, 3.63) is 64.7 Å². The Morgan fingerprint density at radius 2 is 1.88 bits per heavy atom. The van der Waals surface area contributed by atoms with E-state index >= 15 is 0 Å². The van der Waals surface area contributed by atoms with Crippen LogP contribution in [0.3, 0.4) is 0 Å². The van der Waals surface area contributed by atoms with Crippen LogP contribution in [0.2, 0.25) is 5.02 Å². The first-order valence-electron chi connectivity index (χ1n) is 8.22. The van der Waals surface area contributed by atoms with Crippen LogP contribution in [0.4, 0.5) is 0 Å². The van der Waals surface area contributed by atoms with Gasteiger partial charge in [-0.2, -0.15) is 0 Å². The average molecular weight is 360 g/mol. The molecule has 0 aliphatic rings. The summed E-state index contributed by atoms with van der Waals surface area (Å²) in [4.78, 5) is 23.7. The molecule has 0 bridgehead atoms. The van der Waals surface area contributed by atoms with Crippen molar-refractivity contribution in [1.82, 2.24) is 5.32 Å². The number of Topliss-reactive ketones (excluding diaryl/α,β-unsaturated/α-hetero) is 1. The van der Waals surface area contributed by atoms with Crippen LogP contribution in [0.5, 0.6) is 5.75 Å². The zero-order valence-corrected chi connectivity index (χ0v) is 15.2. The van der Waals surface area contributed by atoms with Crippen LogP contribution < -0.4 is 10.1 Å². The summed E-state index contributed by atoms with van der Waals surface area (Å²) in [6, 6.07) is 14.9. The van der Waals surface area contributed by atoms with E-state index in [1.54, 1.807) is 18.2 Å². The molecule has 1 atom stereocenters.